The third-order valence-corrected chi connectivity index (χ3v) is 4.63. The number of non-ortho nitro benzene ring substituents is 1. The van der Waals surface area contributed by atoms with Crippen LogP contribution in [-0.4, -0.2) is 13.3 Å². The number of anilines is 1. The molecule has 122 valence electrons. The van der Waals surface area contributed by atoms with Gasteiger partial charge in [0.1, 0.15) is 11.8 Å². The second-order valence-electron chi connectivity index (χ2n) is 4.83. The zero-order valence-electron chi connectivity index (χ0n) is 12.0. The molecule has 24 heavy (non-hydrogen) atoms. The highest BCUT2D eigenvalue weighted by atomic mass is 32.2. The van der Waals surface area contributed by atoms with Crippen LogP contribution in [0.15, 0.2) is 68.9 Å². The van der Waals surface area contributed by atoms with Gasteiger partial charge in [-0.05, 0) is 24.3 Å². The highest BCUT2D eigenvalue weighted by Gasteiger charge is 2.21. The van der Waals surface area contributed by atoms with Crippen molar-refractivity contribution >= 4 is 32.4 Å². The lowest BCUT2D eigenvalue weighted by molar-refractivity contribution is -0.384. The maximum Gasteiger partial charge on any atom is 0.269 e. The third-order valence-electron chi connectivity index (χ3n) is 3.27. The predicted octanol–water partition coefficient (Wildman–Crippen LogP) is 2.50. The molecule has 2 aromatic carbocycles. The van der Waals surface area contributed by atoms with E-state index in [1.54, 1.807) is 18.2 Å². The average Bonchev–Trinajstić information content (AvgIpc) is 2.55. The van der Waals surface area contributed by atoms with Crippen molar-refractivity contribution in [1.82, 2.24) is 0 Å². The Morgan fingerprint density at radius 2 is 1.71 bits per heavy atom. The second kappa shape index (κ2) is 5.78. The lowest BCUT2D eigenvalue weighted by Gasteiger charge is -2.07. The molecule has 0 saturated carbocycles. The van der Waals surface area contributed by atoms with Crippen LogP contribution in [-0.2, 0) is 10.0 Å². The number of nitro groups is 1. The quantitative estimate of drug-likeness (QED) is 0.572. The number of sulfonamides is 1. The van der Waals surface area contributed by atoms with Crippen molar-refractivity contribution in [2.75, 3.05) is 4.72 Å². The van der Waals surface area contributed by atoms with Gasteiger partial charge < -0.3 is 4.42 Å². The molecule has 0 unspecified atom stereocenters. The van der Waals surface area contributed by atoms with E-state index < -0.39 is 25.3 Å². The molecule has 8 nitrogen and oxygen atoms in total. The van der Waals surface area contributed by atoms with Gasteiger partial charge in [0.2, 0.25) is 5.43 Å². The van der Waals surface area contributed by atoms with Gasteiger partial charge >= 0.3 is 0 Å². The zero-order chi connectivity index (χ0) is 17.3. The minimum absolute atomic E-state index is 0.0909. The molecule has 0 saturated heterocycles. The number of para-hydroxylation sites is 1. The van der Waals surface area contributed by atoms with Gasteiger partial charge in [-0.2, -0.15) is 0 Å². The van der Waals surface area contributed by atoms with Crippen molar-refractivity contribution in [2.45, 2.75) is 4.90 Å². The van der Waals surface area contributed by atoms with Crippen LogP contribution in [0.4, 0.5) is 11.4 Å². The summed E-state index contributed by atoms with van der Waals surface area (Å²) in [7, 11) is -4.19. The van der Waals surface area contributed by atoms with Crippen LogP contribution in [0.5, 0.6) is 0 Å². The first-order chi connectivity index (χ1) is 11.4. The molecule has 0 aliphatic carbocycles. The maximum absolute atomic E-state index is 12.4. The summed E-state index contributed by atoms with van der Waals surface area (Å²) < 4.78 is 32.1. The van der Waals surface area contributed by atoms with Crippen molar-refractivity contribution in [1.29, 1.82) is 0 Å². The van der Waals surface area contributed by atoms with Crippen LogP contribution in [0.1, 0.15) is 0 Å². The molecule has 1 aromatic heterocycles. The van der Waals surface area contributed by atoms with Crippen LogP contribution in [0.2, 0.25) is 0 Å². The number of benzene rings is 2. The van der Waals surface area contributed by atoms with Crippen molar-refractivity contribution < 1.29 is 17.8 Å². The predicted molar refractivity (Wildman–Crippen MR) is 86.4 cm³/mol. The smallest absolute Gasteiger partial charge is 0.269 e. The monoisotopic (exact) mass is 346 g/mol. The van der Waals surface area contributed by atoms with Crippen molar-refractivity contribution in [3.8, 4) is 0 Å². The van der Waals surface area contributed by atoms with Crippen molar-refractivity contribution in [3.63, 3.8) is 0 Å². The maximum atomic E-state index is 12.4. The Morgan fingerprint density at radius 1 is 1.04 bits per heavy atom. The largest absolute Gasteiger partial charge is 0.463 e. The van der Waals surface area contributed by atoms with E-state index in [1.807, 2.05) is 0 Å². The minimum atomic E-state index is -4.19. The summed E-state index contributed by atoms with van der Waals surface area (Å²) in [5.74, 6) is 0. The number of nitro benzene ring substituents is 1. The number of rotatable bonds is 4. The van der Waals surface area contributed by atoms with E-state index in [-0.39, 0.29) is 22.3 Å². The Labute approximate surface area is 135 Å². The summed E-state index contributed by atoms with van der Waals surface area (Å²) in [6.07, 6.45) is 0.873. The fourth-order valence-electron chi connectivity index (χ4n) is 2.11. The van der Waals surface area contributed by atoms with Crippen molar-refractivity contribution in [2.24, 2.45) is 0 Å². The molecule has 0 radical (unpaired) electrons. The number of hydrogen-bond acceptors (Lipinski definition) is 6. The summed E-state index contributed by atoms with van der Waals surface area (Å²) in [4.78, 5) is 21.8. The zero-order valence-corrected chi connectivity index (χ0v) is 12.8. The van der Waals surface area contributed by atoms with E-state index in [0.29, 0.717) is 0 Å². The molecule has 0 aliphatic heterocycles. The summed E-state index contributed by atoms with van der Waals surface area (Å²) in [6.45, 7) is 0. The van der Waals surface area contributed by atoms with Crippen molar-refractivity contribution in [3.05, 3.63) is 75.1 Å². The Kier molecular flexibility index (Phi) is 3.78. The molecule has 0 amide bonds. The van der Waals surface area contributed by atoms with E-state index in [2.05, 4.69) is 4.72 Å². The molecular formula is C15H10N2O6S. The number of nitrogens with one attached hydrogen (secondary N) is 1. The molecule has 0 fully saturated rings. The van der Waals surface area contributed by atoms with Crippen LogP contribution in [0.25, 0.3) is 11.0 Å². The first kappa shape index (κ1) is 15.7. The van der Waals surface area contributed by atoms with Crippen LogP contribution < -0.4 is 10.2 Å². The first-order valence-corrected chi connectivity index (χ1v) is 8.14. The Hall–Kier alpha value is -3.20. The van der Waals surface area contributed by atoms with E-state index >= 15 is 0 Å². The van der Waals surface area contributed by atoms with Gasteiger partial charge in [0.15, 0.2) is 4.90 Å². The lowest BCUT2D eigenvalue weighted by atomic mass is 10.2. The highest BCUT2D eigenvalue weighted by molar-refractivity contribution is 7.92. The number of fused-ring (bicyclic) bond motifs is 1. The fourth-order valence-corrected chi connectivity index (χ4v) is 3.19. The average molecular weight is 346 g/mol. The molecule has 1 N–H and O–H groups in total. The van der Waals surface area contributed by atoms with Gasteiger partial charge in [-0.15, -0.1) is 0 Å². The lowest BCUT2D eigenvalue weighted by Crippen LogP contribution is -2.21. The third kappa shape index (κ3) is 2.84. The van der Waals surface area contributed by atoms with Crippen LogP contribution in [0.3, 0.4) is 0 Å². The van der Waals surface area contributed by atoms with Crippen LogP contribution >= 0.6 is 0 Å². The molecule has 0 bridgehead atoms. The van der Waals surface area contributed by atoms with Gasteiger partial charge in [-0.25, -0.2) is 8.42 Å². The molecule has 9 heteroatoms. The van der Waals surface area contributed by atoms with E-state index in [9.17, 15) is 23.3 Å². The summed E-state index contributed by atoms with van der Waals surface area (Å²) in [6, 6.07) is 11.1. The number of hydrogen-bond donors (Lipinski definition) is 1. The summed E-state index contributed by atoms with van der Waals surface area (Å²) in [5, 5.41) is 10.7. The topological polar surface area (TPSA) is 120 Å². The molecule has 0 aliphatic rings. The second-order valence-corrected chi connectivity index (χ2v) is 6.49. The highest BCUT2D eigenvalue weighted by Crippen LogP contribution is 2.19. The van der Waals surface area contributed by atoms with Gasteiger partial charge in [-0.1, -0.05) is 12.1 Å². The minimum Gasteiger partial charge on any atom is -0.463 e. The summed E-state index contributed by atoms with van der Waals surface area (Å²) in [5.41, 5.74) is -0.501. The van der Waals surface area contributed by atoms with E-state index in [1.165, 1.54) is 18.2 Å². The van der Waals surface area contributed by atoms with E-state index in [4.69, 9.17) is 4.42 Å². The van der Waals surface area contributed by atoms with Gasteiger partial charge in [-0.3, -0.25) is 19.6 Å². The Balaban J connectivity index is 2.00. The molecule has 0 spiro atoms. The first-order valence-electron chi connectivity index (χ1n) is 6.66. The van der Waals surface area contributed by atoms with Crippen LogP contribution in [0, 0.1) is 10.1 Å². The fraction of sp³-hybridized carbons (Fsp3) is 0. The Bertz CT molecular complexity index is 1090. The van der Waals surface area contributed by atoms with Gasteiger partial charge in [0.05, 0.1) is 10.3 Å². The van der Waals surface area contributed by atoms with Gasteiger partial charge in [0.25, 0.3) is 15.7 Å². The molecular weight excluding hydrogens is 336 g/mol. The summed E-state index contributed by atoms with van der Waals surface area (Å²) >= 11 is 0. The molecule has 3 aromatic rings. The molecule has 1 heterocycles. The Morgan fingerprint density at radius 3 is 2.38 bits per heavy atom. The molecule has 3 rings (SSSR count). The number of nitrogens with zero attached hydrogens (tertiary/aromatic N) is 1. The van der Waals surface area contributed by atoms with Gasteiger partial charge in [0, 0.05) is 17.8 Å². The van der Waals surface area contributed by atoms with E-state index in [0.717, 1.165) is 18.4 Å². The molecule has 0 atom stereocenters. The normalized spacial score (nSPS) is 11.3. The SMILES string of the molecule is O=c1c(S(=O)(=O)Nc2ccc([N+](=O)[O-])cc2)coc2ccccc12. The standard InChI is InChI=1S/C15H10N2O6S/c18-15-12-3-1-2-4-13(12)23-9-14(15)24(21,22)16-10-5-7-11(8-6-10)17(19)20/h1-9,16H.